The van der Waals surface area contributed by atoms with Crippen LogP contribution in [0.15, 0.2) is 30.3 Å². The number of rotatable bonds is 2. The first-order valence-corrected chi connectivity index (χ1v) is 9.87. The molecule has 7 heteroatoms. The summed E-state index contributed by atoms with van der Waals surface area (Å²) in [7, 11) is 3.86. The molecule has 3 aromatic rings. The Morgan fingerprint density at radius 2 is 1.96 bits per heavy atom. The Labute approximate surface area is 164 Å². The Morgan fingerprint density at radius 3 is 2.75 bits per heavy atom. The zero-order valence-electron chi connectivity index (χ0n) is 16.4. The molecule has 2 aromatic heterocycles. The molecule has 1 aromatic carbocycles. The van der Waals surface area contributed by atoms with E-state index in [1.165, 1.54) is 22.2 Å². The van der Waals surface area contributed by atoms with Gasteiger partial charge < -0.3 is 25.3 Å². The number of aromatic nitrogens is 3. The van der Waals surface area contributed by atoms with Crippen LogP contribution in [0.3, 0.4) is 0 Å². The van der Waals surface area contributed by atoms with Crippen LogP contribution in [-0.4, -0.2) is 48.7 Å². The highest BCUT2D eigenvalue weighted by atomic mass is 16.5. The fraction of sp³-hybridized carbons (Fsp3) is 0.429. The molecule has 7 nitrogen and oxygen atoms in total. The highest BCUT2D eigenvalue weighted by Crippen LogP contribution is 2.44. The second kappa shape index (κ2) is 6.38. The smallest absolute Gasteiger partial charge is 0.228 e. The Balaban J connectivity index is 1.44. The highest BCUT2D eigenvalue weighted by molar-refractivity contribution is 5.85. The molecule has 1 saturated heterocycles. The molecule has 146 valence electrons. The van der Waals surface area contributed by atoms with Crippen LogP contribution in [0, 0.1) is 0 Å². The van der Waals surface area contributed by atoms with Gasteiger partial charge in [0.2, 0.25) is 5.95 Å². The van der Waals surface area contributed by atoms with Crippen molar-refractivity contribution in [3.05, 3.63) is 41.6 Å². The van der Waals surface area contributed by atoms with E-state index in [-0.39, 0.29) is 5.60 Å². The third-order valence-corrected chi connectivity index (χ3v) is 6.02. The molecule has 2 aliphatic heterocycles. The maximum absolute atomic E-state index is 6.41. The summed E-state index contributed by atoms with van der Waals surface area (Å²) in [5.74, 6) is 2.03. The third kappa shape index (κ3) is 2.69. The summed E-state index contributed by atoms with van der Waals surface area (Å²) in [5, 5.41) is 1.34. The fourth-order valence-corrected chi connectivity index (χ4v) is 4.56. The second-order valence-corrected chi connectivity index (χ2v) is 7.95. The summed E-state index contributed by atoms with van der Waals surface area (Å²) in [5.41, 5.74) is 9.69. The minimum atomic E-state index is -0.230. The Hall–Kier alpha value is -2.80. The number of hydrogen-bond acceptors (Lipinski definition) is 6. The number of hydrogen-bond donors (Lipinski definition) is 2. The van der Waals surface area contributed by atoms with Crippen LogP contribution >= 0.6 is 0 Å². The number of nitrogen functional groups attached to an aromatic ring is 1. The normalized spacial score (nSPS) is 18.4. The lowest BCUT2D eigenvalue weighted by atomic mass is 9.83. The van der Waals surface area contributed by atoms with Crippen molar-refractivity contribution in [3.63, 3.8) is 0 Å². The van der Waals surface area contributed by atoms with Gasteiger partial charge in [-0.1, -0.05) is 18.2 Å². The fourth-order valence-electron chi connectivity index (χ4n) is 4.56. The minimum Gasteiger partial charge on any atom is -0.383 e. The van der Waals surface area contributed by atoms with Crippen molar-refractivity contribution < 1.29 is 4.74 Å². The molecule has 0 amide bonds. The predicted octanol–water partition coefficient (Wildman–Crippen LogP) is 2.67. The predicted molar refractivity (Wildman–Crippen MR) is 112 cm³/mol. The minimum absolute atomic E-state index is 0.230. The monoisotopic (exact) mass is 378 g/mol. The number of ether oxygens (including phenoxy) is 1. The number of aromatic amines is 1. The molecule has 0 atom stereocenters. The van der Waals surface area contributed by atoms with E-state index in [2.05, 4.69) is 44.1 Å². The van der Waals surface area contributed by atoms with Crippen molar-refractivity contribution in [3.8, 4) is 0 Å². The van der Waals surface area contributed by atoms with E-state index >= 15 is 0 Å². The standard InChI is InChI=1S/C21H26N6O/c1-26(2)20-24-17(22)13-18(25-20)27-10-8-21(9-11-27)19-15(7-12-28-21)14-5-3-4-6-16(14)23-19/h3-6,13,23H,7-12H2,1-2H3,(H2,22,24,25). The van der Waals surface area contributed by atoms with Gasteiger partial charge in [0.25, 0.3) is 0 Å². The number of para-hydroxylation sites is 1. The van der Waals surface area contributed by atoms with E-state index in [0.717, 1.165) is 44.8 Å². The van der Waals surface area contributed by atoms with Crippen LogP contribution in [0.4, 0.5) is 17.6 Å². The molecule has 5 rings (SSSR count). The first-order valence-electron chi connectivity index (χ1n) is 9.87. The average Bonchev–Trinajstić information content (AvgIpc) is 3.09. The van der Waals surface area contributed by atoms with Gasteiger partial charge in [0.05, 0.1) is 12.3 Å². The first-order chi connectivity index (χ1) is 13.6. The zero-order valence-corrected chi connectivity index (χ0v) is 16.4. The van der Waals surface area contributed by atoms with E-state index in [1.54, 1.807) is 0 Å². The van der Waals surface area contributed by atoms with Crippen molar-refractivity contribution in [2.75, 3.05) is 49.3 Å². The summed E-state index contributed by atoms with van der Waals surface area (Å²) in [6, 6.07) is 10.4. The van der Waals surface area contributed by atoms with Crippen molar-refractivity contribution in [1.29, 1.82) is 0 Å². The van der Waals surface area contributed by atoms with Crippen LogP contribution in [0.1, 0.15) is 24.1 Å². The molecule has 1 spiro atoms. The van der Waals surface area contributed by atoms with Gasteiger partial charge in [0.1, 0.15) is 17.2 Å². The molecule has 0 radical (unpaired) electrons. The number of piperidine rings is 1. The van der Waals surface area contributed by atoms with Gasteiger partial charge in [0.15, 0.2) is 0 Å². The van der Waals surface area contributed by atoms with Crippen molar-refractivity contribution >= 4 is 28.5 Å². The quantitative estimate of drug-likeness (QED) is 0.713. The van der Waals surface area contributed by atoms with Crippen molar-refractivity contribution in [1.82, 2.24) is 15.0 Å². The molecule has 28 heavy (non-hydrogen) atoms. The lowest BCUT2D eigenvalue weighted by Gasteiger charge is -2.44. The van der Waals surface area contributed by atoms with Crippen LogP contribution in [-0.2, 0) is 16.8 Å². The van der Waals surface area contributed by atoms with E-state index in [0.29, 0.717) is 11.8 Å². The average molecular weight is 378 g/mol. The lowest BCUT2D eigenvalue weighted by molar-refractivity contribution is -0.0791. The van der Waals surface area contributed by atoms with Gasteiger partial charge in [-0.25, -0.2) is 0 Å². The molecule has 0 saturated carbocycles. The summed E-state index contributed by atoms with van der Waals surface area (Å²) >= 11 is 0. The number of anilines is 3. The van der Waals surface area contributed by atoms with Crippen LogP contribution in [0.5, 0.6) is 0 Å². The Kier molecular flexibility index (Phi) is 3.94. The SMILES string of the molecule is CN(C)c1nc(N)cc(N2CCC3(CC2)OCCc2c3[nH]c3ccccc23)n1. The molecule has 1 fully saturated rings. The molecule has 0 unspecified atom stereocenters. The van der Waals surface area contributed by atoms with Gasteiger partial charge >= 0.3 is 0 Å². The van der Waals surface area contributed by atoms with Crippen LogP contribution in [0.2, 0.25) is 0 Å². The topological polar surface area (TPSA) is 83.3 Å². The van der Waals surface area contributed by atoms with Gasteiger partial charge in [-0.3, -0.25) is 0 Å². The number of H-pyrrole nitrogens is 1. The van der Waals surface area contributed by atoms with Crippen LogP contribution in [0.25, 0.3) is 10.9 Å². The molecule has 0 aliphatic carbocycles. The van der Waals surface area contributed by atoms with E-state index in [1.807, 2.05) is 25.1 Å². The summed E-state index contributed by atoms with van der Waals surface area (Å²) in [6.45, 7) is 2.52. The number of benzene rings is 1. The summed E-state index contributed by atoms with van der Waals surface area (Å²) < 4.78 is 6.41. The van der Waals surface area contributed by atoms with Crippen molar-refractivity contribution in [2.45, 2.75) is 24.9 Å². The number of fused-ring (bicyclic) bond motifs is 4. The molecule has 3 N–H and O–H groups in total. The molecule has 0 bridgehead atoms. The third-order valence-electron chi connectivity index (χ3n) is 6.02. The molecular weight excluding hydrogens is 352 g/mol. The molecular formula is C21H26N6O. The Morgan fingerprint density at radius 1 is 1.18 bits per heavy atom. The maximum Gasteiger partial charge on any atom is 0.228 e. The van der Waals surface area contributed by atoms with Gasteiger partial charge in [-0.2, -0.15) is 9.97 Å². The molecule has 4 heterocycles. The summed E-state index contributed by atoms with van der Waals surface area (Å²) in [4.78, 5) is 16.8. The second-order valence-electron chi connectivity index (χ2n) is 7.95. The van der Waals surface area contributed by atoms with Gasteiger partial charge in [-0.15, -0.1) is 0 Å². The van der Waals surface area contributed by atoms with E-state index < -0.39 is 0 Å². The molecule has 2 aliphatic rings. The van der Waals surface area contributed by atoms with Crippen LogP contribution < -0.4 is 15.5 Å². The zero-order chi connectivity index (χ0) is 19.3. The Bertz CT molecular complexity index is 1020. The van der Waals surface area contributed by atoms with E-state index in [9.17, 15) is 0 Å². The van der Waals surface area contributed by atoms with E-state index in [4.69, 9.17) is 10.5 Å². The number of nitrogens with one attached hydrogen (secondary N) is 1. The van der Waals surface area contributed by atoms with Gasteiger partial charge in [0, 0.05) is 44.2 Å². The maximum atomic E-state index is 6.41. The lowest BCUT2D eigenvalue weighted by Crippen LogP contribution is -2.47. The van der Waals surface area contributed by atoms with Crippen molar-refractivity contribution in [2.24, 2.45) is 0 Å². The number of nitrogens with zero attached hydrogens (tertiary/aromatic N) is 4. The summed E-state index contributed by atoms with van der Waals surface area (Å²) in [6.07, 6.45) is 2.82. The van der Waals surface area contributed by atoms with Gasteiger partial charge in [-0.05, 0) is 30.9 Å². The number of nitrogens with two attached hydrogens (primary N) is 1. The highest BCUT2D eigenvalue weighted by Gasteiger charge is 2.43. The first kappa shape index (κ1) is 17.3. The largest absolute Gasteiger partial charge is 0.383 e.